The summed E-state index contributed by atoms with van der Waals surface area (Å²) in [6.45, 7) is -0.384. The highest BCUT2D eigenvalue weighted by atomic mass is 35.5. The second-order valence-electron chi connectivity index (χ2n) is 6.92. The largest absolute Gasteiger partial charge is 0.496 e. The van der Waals surface area contributed by atoms with Crippen molar-refractivity contribution in [1.29, 1.82) is 0 Å². The topological polar surface area (TPSA) is 72.9 Å². The highest BCUT2D eigenvalue weighted by Crippen LogP contribution is 2.37. The van der Waals surface area contributed by atoms with Gasteiger partial charge in [0.25, 0.3) is 0 Å². The number of halogens is 6. The SMILES string of the molecule is COc1cc(OCc2ncc(C(F)(F)F)cc2F)ccc1-c1[nH]c(-c2ccc(Cl)nc2)nc1Cl. The summed E-state index contributed by atoms with van der Waals surface area (Å²) in [5.41, 5.74) is 0.270. The molecule has 1 N–H and O–H groups in total. The third-order valence-corrected chi connectivity index (χ3v) is 5.22. The maximum Gasteiger partial charge on any atom is 0.417 e. The number of ether oxygens (including phenoxy) is 2. The Hall–Kier alpha value is -3.37. The van der Waals surface area contributed by atoms with Crippen molar-refractivity contribution in [3.63, 3.8) is 0 Å². The predicted molar refractivity (Wildman–Crippen MR) is 117 cm³/mol. The molecule has 34 heavy (non-hydrogen) atoms. The molecule has 0 amide bonds. The molecule has 6 nitrogen and oxygen atoms in total. The second-order valence-corrected chi connectivity index (χ2v) is 7.67. The Morgan fingerprint density at radius 2 is 1.82 bits per heavy atom. The van der Waals surface area contributed by atoms with Gasteiger partial charge in [0.1, 0.15) is 40.6 Å². The molecule has 176 valence electrons. The van der Waals surface area contributed by atoms with Gasteiger partial charge in [-0.3, -0.25) is 4.98 Å². The molecule has 0 bridgehead atoms. The number of rotatable bonds is 6. The normalized spacial score (nSPS) is 11.5. The Balaban J connectivity index is 1.55. The van der Waals surface area contributed by atoms with Gasteiger partial charge >= 0.3 is 6.18 Å². The zero-order chi connectivity index (χ0) is 24.5. The molecule has 0 radical (unpaired) electrons. The molecular weight excluding hydrogens is 499 g/mol. The number of nitrogens with zero attached hydrogens (tertiary/aromatic N) is 3. The van der Waals surface area contributed by atoms with Gasteiger partial charge in [-0.2, -0.15) is 13.2 Å². The molecule has 0 saturated heterocycles. The molecular formula is C22H14Cl2F4N4O2. The number of methoxy groups -OCH3 is 1. The summed E-state index contributed by atoms with van der Waals surface area (Å²) in [7, 11) is 1.44. The van der Waals surface area contributed by atoms with Crippen molar-refractivity contribution in [3.8, 4) is 34.1 Å². The molecule has 12 heteroatoms. The minimum atomic E-state index is -4.69. The second kappa shape index (κ2) is 9.47. The Morgan fingerprint density at radius 3 is 2.47 bits per heavy atom. The third-order valence-electron chi connectivity index (χ3n) is 4.72. The predicted octanol–water partition coefficient (Wildman–Crippen LogP) is 6.59. The van der Waals surface area contributed by atoms with Crippen molar-refractivity contribution < 1.29 is 27.0 Å². The van der Waals surface area contributed by atoms with Crippen LogP contribution < -0.4 is 9.47 Å². The highest BCUT2D eigenvalue weighted by molar-refractivity contribution is 6.32. The summed E-state index contributed by atoms with van der Waals surface area (Å²) in [6, 6.07) is 8.47. The maximum atomic E-state index is 14.0. The lowest BCUT2D eigenvalue weighted by atomic mass is 10.1. The van der Waals surface area contributed by atoms with Crippen LogP contribution in [0.3, 0.4) is 0 Å². The lowest BCUT2D eigenvalue weighted by Gasteiger charge is -2.12. The van der Waals surface area contributed by atoms with Crippen molar-refractivity contribution in [2.75, 3.05) is 7.11 Å². The molecule has 0 atom stereocenters. The van der Waals surface area contributed by atoms with Gasteiger partial charge < -0.3 is 14.5 Å². The number of aromatic nitrogens is 4. The van der Waals surface area contributed by atoms with E-state index in [1.807, 2.05) is 0 Å². The Morgan fingerprint density at radius 1 is 1.03 bits per heavy atom. The van der Waals surface area contributed by atoms with E-state index >= 15 is 0 Å². The molecule has 1 aromatic carbocycles. The van der Waals surface area contributed by atoms with Crippen LogP contribution in [0.1, 0.15) is 11.3 Å². The van der Waals surface area contributed by atoms with Crippen LogP contribution in [-0.2, 0) is 12.8 Å². The van der Waals surface area contributed by atoms with E-state index in [-0.39, 0.29) is 23.2 Å². The molecule has 4 aromatic rings. The Kier molecular flexibility index (Phi) is 6.63. The van der Waals surface area contributed by atoms with Gasteiger partial charge in [0.05, 0.1) is 18.4 Å². The zero-order valence-electron chi connectivity index (χ0n) is 17.3. The lowest BCUT2D eigenvalue weighted by molar-refractivity contribution is -0.138. The van der Waals surface area contributed by atoms with Gasteiger partial charge in [-0.15, -0.1) is 0 Å². The van der Waals surface area contributed by atoms with E-state index in [0.29, 0.717) is 45.8 Å². The zero-order valence-corrected chi connectivity index (χ0v) is 18.8. The van der Waals surface area contributed by atoms with Gasteiger partial charge in [-0.05, 0) is 30.3 Å². The molecule has 0 unspecified atom stereocenters. The van der Waals surface area contributed by atoms with Crippen LogP contribution in [-0.4, -0.2) is 27.0 Å². The molecule has 0 aliphatic carbocycles. The smallest absolute Gasteiger partial charge is 0.417 e. The molecule has 0 aliphatic heterocycles. The fraction of sp³-hybridized carbons (Fsp3) is 0.136. The van der Waals surface area contributed by atoms with Crippen molar-refractivity contribution >= 4 is 23.2 Å². The summed E-state index contributed by atoms with van der Waals surface area (Å²) in [5.74, 6) is -0.00795. The van der Waals surface area contributed by atoms with Crippen LogP contribution in [0.5, 0.6) is 11.5 Å². The van der Waals surface area contributed by atoms with Crippen LogP contribution in [0.2, 0.25) is 10.3 Å². The molecule has 3 heterocycles. The summed E-state index contributed by atoms with van der Waals surface area (Å²) in [5, 5.41) is 0.526. The monoisotopic (exact) mass is 512 g/mol. The number of hydrogen-bond acceptors (Lipinski definition) is 5. The first-order valence-electron chi connectivity index (χ1n) is 9.56. The number of imidazole rings is 1. The molecule has 4 rings (SSSR count). The first-order chi connectivity index (χ1) is 16.2. The van der Waals surface area contributed by atoms with Gasteiger partial charge in [-0.25, -0.2) is 14.4 Å². The fourth-order valence-corrected chi connectivity index (χ4v) is 3.38. The first kappa shape index (κ1) is 23.8. The number of aromatic amines is 1. The van der Waals surface area contributed by atoms with Gasteiger partial charge in [0.2, 0.25) is 0 Å². The maximum absolute atomic E-state index is 14.0. The Bertz CT molecular complexity index is 1330. The van der Waals surface area contributed by atoms with Gasteiger partial charge in [0.15, 0.2) is 5.15 Å². The standard InChI is InChI=1S/C22H14Cl2F4N4O2/c1-33-17-7-13(34-10-16-15(25)6-12(9-29-16)22(26,27)28)3-4-14(17)19-20(24)32-21(31-19)11-2-5-18(23)30-8-11/h2-9H,10H2,1H3,(H,31,32). The molecule has 0 fully saturated rings. The minimum Gasteiger partial charge on any atom is -0.496 e. The quantitative estimate of drug-likeness (QED) is 0.233. The molecule has 0 spiro atoms. The minimum absolute atomic E-state index is 0.188. The van der Waals surface area contributed by atoms with Crippen LogP contribution in [0.25, 0.3) is 22.6 Å². The number of hydrogen-bond donors (Lipinski definition) is 1. The van der Waals surface area contributed by atoms with Crippen LogP contribution in [0.4, 0.5) is 17.6 Å². The van der Waals surface area contributed by atoms with Crippen molar-refractivity contribution in [3.05, 3.63) is 76.2 Å². The van der Waals surface area contributed by atoms with E-state index in [1.54, 1.807) is 30.5 Å². The van der Waals surface area contributed by atoms with E-state index in [1.165, 1.54) is 13.2 Å². The molecule has 0 aliphatic rings. The number of nitrogens with one attached hydrogen (secondary N) is 1. The lowest BCUT2D eigenvalue weighted by Crippen LogP contribution is -2.09. The van der Waals surface area contributed by atoms with Crippen LogP contribution >= 0.6 is 23.2 Å². The molecule has 0 saturated carbocycles. The third kappa shape index (κ3) is 5.07. The van der Waals surface area contributed by atoms with Crippen molar-refractivity contribution in [2.45, 2.75) is 12.8 Å². The van der Waals surface area contributed by atoms with Crippen molar-refractivity contribution in [2.24, 2.45) is 0 Å². The van der Waals surface area contributed by atoms with Gasteiger partial charge in [0, 0.05) is 29.6 Å². The highest BCUT2D eigenvalue weighted by Gasteiger charge is 2.32. The number of alkyl halides is 3. The van der Waals surface area contributed by atoms with E-state index < -0.39 is 17.6 Å². The first-order valence-corrected chi connectivity index (χ1v) is 10.3. The van der Waals surface area contributed by atoms with Gasteiger partial charge in [-0.1, -0.05) is 23.2 Å². The average Bonchev–Trinajstić information content (AvgIpc) is 3.19. The van der Waals surface area contributed by atoms with E-state index in [4.69, 9.17) is 32.7 Å². The molecule has 3 aromatic heterocycles. The van der Waals surface area contributed by atoms with E-state index in [9.17, 15) is 17.6 Å². The number of pyridine rings is 2. The summed E-state index contributed by atoms with van der Waals surface area (Å²) in [6.07, 6.45) is -2.59. The van der Waals surface area contributed by atoms with Crippen LogP contribution in [0, 0.1) is 5.82 Å². The van der Waals surface area contributed by atoms with Crippen molar-refractivity contribution in [1.82, 2.24) is 19.9 Å². The summed E-state index contributed by atoms with van der Waals surface area (Å²) in [4.78, 5) is 15.0. The summed E-state index contributed by atoms with van der Waals surface area (Å²) < 4.78 is 63.0. The number of benzene rings is 1. The van der Waals surface area contributed by atoms with Crippen LogP contribution in [0.15, 0.2) is 48.8 Å². The number of H-pyrrole nitrogens is 1. The van der Waals surface area contributed by atoms with E-state index in [2.05, 4.69) is 19.9 Å². The van der Waals surface area contributed by atoms with E-state index in [0.717, 1.165) is 0 Å². The Labute approximate surface area is 200 Å². The summed E-state index contributed by atoms with van der Waals surface area (Å²) >= 11 is 12.1. The fourth-order valence-electron chi connectivity index (χ4n) is 3.03. The average molecular weight is 513 g/mol.